The van der Waals surface area contributed by atoms with E-state index in [-0.39, 0.29) is 23.7 Å². The topological polar surface area (TPSA) is 107 Å². The lowest BCUT2D eigenvalue weighted by molar-refractivity contribution is -0.128. The SMILES string of the molecule is CC.CN(/C(=N\OC=O)c1nonc1SCCN)c1ccc(F)c(C(F)F)c1. The van der Waals surface area contributed by atoms with Crippen LogP contribution < -0.4 is 10.6 Å². The smallest absolute Gasteiger partial charge is 0.323 e. The van der Waals surface area contributed by atoms with Gasteiger partial charge in [0.2, 0.25) is 5.84 Å². The first kappa shape index (κ1) is 23.4. The van der Waals surface area contributed by atoms with Crippen molar-refractivity contribution in [3.8, 4) is 0 Å². The van der Waals surface area contributed by atoms with Crippen molar-refractivity contribution in [2.75, 3.05) is 24.2 Å². The van der Waals surface area contributed by atoms with Crippen LogP contribution in [-0.2, 0) is 9.63 Å². The van der Waals surface area contributed by atoms with Gasteiger partial charge in [-0.15, -0.1) is 0 Å². The molecule has 154 valence electrons. The van der Waals surface area contributed by atoms with E-state index in [9.17, 15) is 18.0 Å². The molecule has 28 heavy (non-hydrogen) atoms. The van der Waals surface area contributed by atoms with Gasteiger partial charge >= 0.3 is 6.47 Å². The highest BCUT2D eigenvalue weighted by Crippen LogP contribution is 2.28. The number of hydrogen-bond donors (Lipinski definition) is 1. The third-order valence-electron chi connectivity index (χ3n) is 3.13. The van der Waals surface area contributed by atoms with Crippen molar-refractivity contribution in [1.82, 2.24) is 10.3 Å². The van der Waals surface area contributed by atoms with E-state index in [0.29, 0.717) is 17.3 Å². The molecular weight excluding hydrogens is 399 g/mol. The van der Waals surface area contributed by atoms with Crippen molar-refractivity contribution in [2.24, 2.45) is 10.9 Å². The molecule has 0 atom stereocenters. The van der Waals surface area contributed by atoms with Crippen LogP contribution in [0.1, 0.15) is 31.5 Å². The van der Waals surface area contributed by atoms with Crippen molar-refractivity contribution in [3.63, 3.8) is 0 Å². The molecule has 0 aliphatic carbocycles. The minimum Gasteiger partial charge on any atom is -0.330 e. The Morgan fingerprint density at radius 1 is 1.43 bits per heavy atom. The summed E-state index contributed by atoms with van der Waals surface area (Å²) in [7, 11) is 1.45. The first-order valence-corrected chi connectivity index (χ1v) is 9.12. The molecule has 12 heteroatoms. The van der Waals surface area contributed by atoms with E-state index in [4.69, 9.17) is 5.73 Å². The van der Waals surface area contributed by atoms with Crippen LogP contribution in [0.5, 0.6) is 0 Å². The second-order valence-corrected chi connectivity index (χ2v) is 5.82. The van der Waals surface area contributed by atoms with Crippen molar-refractivity contribution < 1.29 is 27.4 Å². The standard InChI is InChI=1S/C14H14F3N5O3S.C2H6/c1-22(8-2-3-10(15)9(6-8)12(16)17)13(20-24-7-23)11-14(21-25-19-11)26-5-4-18;1-2/h2-3,6-7,12H,4-5,18H2,1H3;1-2H3/b20-13-;. The molecule has 2 aromatic rings. The highest BCUT2D eigenvalue weighted by Gasteiger charge is 2.24. The summed E-state index contributed by atoms with van der Waals surface area (Å²) < 4.78 is 44.1. The van der Waals surface area contributed by atoms with Crippen molar-refractivity contribution >= 4 is 29.8 Å². The Hall–Kier alpha value is -2.60. The first-order valence-electron chi connectivity index (χ1n) is 8.14. The number of amidine groups is 1. The molecule has 1 aromatic heterocycles. The molecule has 8 nitrogen and oxygen atoms in total. The van der Waals surface area contributed by atoms with Crippen LogP contribution in [0.25, 0.3) is 0 Å². The number of nitrogens with zero attached hydrogens (tertiary/aromatic N) is 4. The number of anilines is 1. The average Bonchev–Trinajstić information content (AvgIpc) is 3.16. The molecule has 0 aliphatic rings. The molecule has 0 fully saturated rings. The number of carbonyl (C=O) groups excluding carboxylic acids is 1. The summed E-state index contributed by atoms with van der Waals surface area (Å²) in [5.74, 6) is -0.592. The monoisotopic (exact) mass is 419 g/mol. The van der Waals surface area contributed by atoms with Gasteiger partial charge in [0.05, 0.1) is 5.56 Å². The molecule has 2 N–H and O–H groups in total. The maximum absolute atomic E-state index is 13.5. The number of rotatable bonds is 8. The van der Waals surface area contributed by atoms with Gasteiger partial charge in [0.25, 0.3) is 6.43 Å². The van der Waals surface area contributed by atoms with Gasteiger partial charge in [-0.05, 0) is 28.5 Å². The third-order valence-corrected chi connectivity index (χ3v) is 4.11. The summed E-state index contributed by atoms with van der Waals surface area (Å²) in [6.07, 6.45) is -3.00. The zero-order chi connectivity index (χ0) is 21.1. The maximum Gasteiger partial charge on any atom is 0.323 e. The molecule has 1 heterocycles. The number of hydrogen-bond acceptors (Lipinski definition) is 8. The molecule has 0 bridgehead atoms. The van der Waals surface area contributed by atoms with E-state index in [1.54, 1.807) is 0 Å². The number of halogens is 3. The second-order valence-electron chi connectivity index (χ2n) is 4.74. The Labute approximate surface area is 163 Å². The molecule has 0 spiro atoms. The van der Waals surface area contributed by atoms with Crippen LogP contribution in [-0.4, -0.2) is 42.0 Å². The van der Waals surface area contributed by atoms with E-state index in [0.717, 1.165) is 12.1 Å². The Morgan fingerprint density at radius 2 is 2.14 bits per heavy atom. The van der Waals surface area contributed by atoms with Crippen LogP contribution in [0.2, 0.25) is 0 Å². The van der Waals surface area contributed by atoms with E-state index in [1.807, 2.05) is 13.8 Å². The summed E-state index contributed by atoms with van der Waals surface area (Å²) >= 11 is 1.21. The summed E-state index contributed by atoms with van der Waals surface area (Å²) in [4.78, 5) is 16.2. The zero-order valence-corrected chi connectivity index (χ0v) is 16.3. The van der Waals surface area contributed by atoms with Gasteiger partial charge in [0.15, 0.2) is 10.7 Å². The zero-order valence-electron chi connectivity index (χ0n) is 15.4. The molecule has 0 unspecified atom stereocenters. The molecule has 0 amide bonds. The lowest BCUT2D eigenvalue weighted by Gasteiger charge is -2.20. The number of alkyl halides is 2. The first-order chi connectivity index (χ1) is 13.5. The largest absolute Gasteiger partial charge is 0.330 e. The lowest BCUT2D eigenvalue weighted by atomic mass is 10.1. The second kappa shape index (κ2) is 12.0. The van der Waals surface area contributed by atoms with Crippen molar-refractivity contribution in [1.29, 1.82) is 0 Å². The van der Waals surface area contributed by atoms with Crippen LogP contribution in [0.15, 0.2) is 33.0 Å². The number of benzene rings is 1. The highest BCUT2D eigenvalue weighted by atomic mass is 32.2. The molecular formula is C16H20F3N5O3S. The third kappa shape index (κ3) is 5.96. The van der Waals surface area contributed by atoms with E-state index < -0.39 is 17.8 Å². The number of nitrogens with two attached hydrogens (primary N) is 1. The van der Waals surface area contributed by atoms with Gasteiger partial charge in [-0.1, -0.05) is 30.8 Å². The summed E-state index contributed by atoms with van der Waals surface area (Å²) in [5, 5.41) is 11.3. The predicted molar refractivity (Wildman–Crippen MR) is 98.9 cm³/mol. The minimum atomic E-state index is -3.00. The summed E-state index contributed by atoms with van der Waals surface area (Å²) in [5.41, 5.74) is 4.93. The van der Waals surface area contributed by atoms with Gasteiger partial charge in [0, 0.05) is 25.0 Å². The van der Waals surface area contributed by atoms with Gasteiger partial charge in [0.1, 0.15) is 5.82 Å². The molecule has 2 rings (SSSR count). The molecule has 0 aliphatic heterocycles. The van der Waals surface area contributed by atoms with Gasteiger partial charge in [-0.2, -0.15) is 0 Å². The number of carbonyl (C=O) groups is 1. The molecule has 0 radical (unpaired) electrons. The normalized spacial score (nSPS) is 11.1. The van der Waals surface area contributed by atoms with E-state index >= 15 is 0 Å². The van der Waals surface area contributed by atoms with Crippen LogP contribution >= 0.6 is 11.8 Å². The molecule has 1 aromatic carbocycles. The van der Waals surface area contributed by atoms with Crippen molar-refractivity contribution in [3.05, 3.63) is 35.3 Å². The van der Waals surface area contributed by atoms with Gasteiger partial charge in [-0.3, -0.25) is 4.79 Å². The van der Waals surface area contributed by atoms with Crippen molar-refractivity contribution in [2.45, 2.75) is 25.3 Å². The van der Waals surface area contributed by atoms with Gasteiger partial charge < -0.3 is 15.5 Å². The fourth-order valence-electron chi connectivity index (χ4n) is 1.93. The predicted octanol–water partition coefficient (Wildman–Crippen LogP) is 3.19. The number of oxime groups is 1. The number of aromatic nitrogens is 2. The van der Waals surface area contributed by atoms with E-state index in [1.165, 1.54) is 29.8 Å². The molecule has 0 saturated carbocycles. The van der Waals surface area contributed by atoms with Crippen LogP contribution in [0.3, 0.4) is 0 Å². The van der Waals surface area contributed by atoms with Crippen LogP contribution in [0, 0.1) is 5.82 Å². The summed E-state index contributed by atoms with van der Waals surface area (Å²) in [6.45, 7) is 4.43. The quantitative estimate of drug-likeness (QED) is 0.174. The summed E-state index contributed by atoms with van der Waals surface area (Å²) in [6, 6.07) is 3.12. The van der Waals surface area contributed by atoms with Crippen LogP contribution in [0.4, 0.5) is 18.9 Å². The lowest BCUT2D eigenvalue weighted by Crippen LogP contribution is -2.29. The highest BCUT2D eigenvalue weighted by molar-refractivity contribution is 7.99. The fourth-order valence-corrected chi connectivity index (χ4v) is 2.59. The molecule has 0 saturated heterocycles. The maximum atomic E-state index is 13.5. The fraction of sp³-hybridized carbons (Fsp3) is 0.375. The van der Waals surface area contributed by atoms with Gasteiger partial charge in [-0.25, -0.2) is 17.8 Å². The number of thioether (sulfide) groups is 1. The Morgan fingerprint density at radius 3 is 2.75 bits per heavy atom. The Balaban J connectivity index is 0.00000190. The Kier molecular flexibility index (Phi) is 10.0. The Bertz CT molecular complexity index is 789. The average molecular weight is 419 g/mol. The van der Waals surface area contributed by atoms with E-state index in [2.05, 4.69) is 24.9 Å². The minimum absolute atomic E-state index is 0.0512.